The number of rotatable bonds is 4. The normalized spacial score (nSPS) is 17.3. The highest BCUT2D eigenvalue weighted by atomic mass is 35.5. The standard InChI is InChI=1S/C27H23ClF4N4O2.ClH/c28-18-4-3-5-19(15-18)34-10-12-35(13-11-34)26-33-22-7-2-1-6-20(22)23(16-25(37)38)36(26)24-14-17(27(30,31)32)8-9-21(24)29;/h1-9,14-15,23H,10-13,16H2,(H,37,38);1H. The first-order valence-corrected chi connectivity index (χ1v) is 12.3. The van der Waals surface area contributed by atoms with Crippen molar-refractivity contribution >= 4 is 53.0 Å². The molecule has 6 nitrogen and oxygen atoms in total. The predicted molar refractivity (Wildman–Crippen MR) is 145 cm³/mol. The number of halogens is 6. The van der Waals surface area contributed by atoms with Crippen LogP contribution < -0.4 is 9.80 Å². The van der Waals surface area contributed by atoms with Gasteiger partial charge in [-0.25, -0.2) is 9.38 Å². The number of piperazine rings is 1. The maximum Gasteiger partial charge on any atom is 0.416 e. The molecule has 0 spiro atoms. The van der Waals surface area contributed by atoms with Crippen LogP contribution in [0.1, 0.15) is 23.6 Å². The van der Waals surface area contributed by atoms with Crippen molar-refractivity contribution in [3.05, 3.63) is 88.7 Å². The molecule has 0 aromatic heterocycles. The first-order chi connectivity index (χ1) is 18.1. The lowest BCUT2D eigenvalue weighted by Gasteiger charge is -2.45. The van der Waals surface area contributed by atoms with Crippen LogP contribution in [0.2, 0.25) is 5.02 Å². The molecule has 12 heteroatoms. The van der Waals surface area contributed by atoms with E-state index in [2.05, 4.69) is 4.90 Å². The number of fused-ring (bicyclic) bond motifs is 1. The average molecular weight is 583 g/mol. The van der Waals surface area contributed by atoms with Crippen molar-refractivity contribution in [1.29, 1.82) is 0 Å². The van der Waals surface area contributed by atoms with E-state index in [-0.39, 0.29) is 24.1 Å². The summed E-state index contributed by atoms with van der Waals surface area (Å²) in [5.74, 6) is -1.87. The number of benzene rings is 3. The van der Waals surface area contributed by atoms with Crippen LogP contribution in [0, 0.1) is 5.82 Å². The van der Waals surface area contributed by atoms with Crippen molar-refractivity contribution in [3.8, 4) is 0 Å². The molecule has 1 saturated heterocycles. The number of hydrogen-bond acceptors (Lipinski definition) is 5. The summed E-state index contributed by atoms with van der Waals surface area (Å²) in [6.07, 6.45) is -5.17. The van der Waals surface area contributed by atoms with E-state index >= 15 is 4.39 Å². The van der Waals surface area contributed by atoms with Crippen molar-refractivity contribution in [2.45, 2.75) is 18.6 Å². The van der Waals surface area contributed by atoms with Crippen molar-refractivity contribution in [1.82, 2.24) is 4.90 Å². The number of hydrogen-bond donors (Lipinski definition) is 1. The Hall–Kier alpha value is -3.50. The second-order valence-electron chi connectivity index (χ2n) is 9.07. The smallest absolute Gasteiger partial charge is 0.416 e. The largest absolute Gasteiger partial charge is 0.481 e. The molecule has 1 fully saturated rings. The first-order valence-electron chi connectivity index (χ1n) is 11.9. The van der Waals surface area contributed by atoms with Crippen LogP contribution in [0.5, 0.6) is 0 Å². The summed E-state index contributed by atoms with van der Waals surface area (Å²) in [6, 6.07) is 15.4. The van der Waals surface area contributed by atoms with Crippen LogP contribution in [0.15, 0.2) is 71.7 Å². The molecule has 39 heavy (non-hydrogen) atoms. The minimum absolute atomic E-state index is 0. The number of aliphatic carboxylic acids is 1. The monoisotopic (exact) mass is 582 g/mol. The topological polar surface area (TPSA) is 59.4 Å². The Bertz CT molecular complexity index is 1390. The Morgan fingerprint density at radius 3 is 2.33 bits per heavy atom. The second kappa shape index (κ2) is 11.3. The molecular weight excluding hydrogens is 559 g/mol. The quantitative estimate of drug-likeness (QED) is 0.344. The lowest BCUT2D eigenvalue weighted by molar-refractivity contribution is -0.138. The van der Waals surface area contributed by atoms with Gasteiger partial charge in [-0.1, -0.05) is 35.9 Å². The van der Waals surface area contributed by atoms with Crippen LogP contribution in [-0.4, -0.2) is 48.1 Å². The Morgan fingerprint density at radius 2 is 1.67 bits per heavy atom. The molecule has 2 aliphatic heterocycles. The molecule has 0 amide bonds. The SMILES string of the molecule is Cl.O=C(O)CC1c2ccccc2N=C(N2CCN(c3cccc(Cl)c3)CC2)N1c1cc(C(F)(F)F)ccc1F. The molecule has 0 bridgehead atoms. The summed E-state index contributed by atoms with van der Waals surface area (Å²) in [6.45, 7) is 1.93. The minimum Gasteiger partial charge on any atom is -0.481 e. The van der Waals surface area contributed by atoms with Crippen molar-refractivity contribution in [2.24, 2.45) is 4.99 Å². The van der Waals surface area contributed by atoms with Gasteiger partial charge < -0.3 is 19.8 Å². The van der Waals surface area contributed by atoms with E-state index < -0.39 is 36.0 Å². The highest BCUT2D eigenvalue weighted by Crippen LogP contribution is 2.43. The van der Waals surface area contributed by atoms with Gasteiger partial charge in [-0.15, -0.1) is 12.4 Å². The average Bonchev–Trinajstić information content (AvgIpc) is 2.88. The van der Waals surface area contributed by atoms with E-state index in [9.17, 15) is 23.1 Å². The van der Waals surface area contributed by atoms with Crippen molar-refractivity contribution < 1.29 is 27.5 Å². The van der Waals surface area contributed by atoms with E-state index in [1.165, 1.54) is 4.90 Å². The Kier molecular flexibility index (Phi) is 8.27. The van der Waals surface area contributed by atoms with Gasteiger partial charge in [0.1, 0.15) is 5.82 Å². The molecule has 0 saturated carbocycles. The van der Waals surface area contributed by atoms with Gasteiger partial charge in [0.05, 0.1) is 29.4 Å². The fourth-order valence-corrected chi connectivity index (χ4v) is 5.07. The van der Waals surface area contributed by atoms with Gasteiger partial charge in [0.15, 0.2) is 0 Å². The molecule has 2 aliphatic rings. The van der Waals surface area contributed by atoms with Gasteiger partial charge in [-0.2, -0.15) is 13.2 Å². The molecule has 1 atom stereocenters. The highest BCUT2D eigenvalue weighted by molar-refractivity contribution is 6.30. The molecule has 3 aromatic carbocycles. The van der Waals surface area contributed by atoms with Gasteiger partial charge in [0.25, 0.3) is 0 Å². The summed E-state index contributed by atoms with van der Waals surface area (Å²) in [4.78, 5) is 21.9. The zero-order valence-corrected chi connectivity index (χ0v) is 22.0. The van der Waals surface area contributed by atoms with Crippen LogP contribution in [-0.2, 0) is 11.0 Å². The molecule has 0 radical (unpaired) electrons. The fourth-order valence-electron chi connectivity index (χ4n) is 4.89. The molecule has 1 unspecified atom stereocenters. The zero-order chi connectivity index (χ0) is 27.0. The number of alkyl halides is 3. The predicted octanol–water partition coefficient (Wildman–Crippen LogP) is 6.77. The minimum atomic E-state index is -4.71. The molecule has 0 aliphatic carbocycles. The lowest BCUT2D eigenvalue weighted by Crippen LogP contribution is -2.55. The maximum absolute atomic E-state index is 15.2. The van der Waals surface area contributed by atoms with Gasteiger partial charge in [0.2, 0.25) is 5.96 Å². The van der Waals surface area contributed by atoms with E-state index in [1.807, 2.05) is 23.1 Å². The third kappa shape index (κ3) is 5.91. The molecule has 1 N–H and O–H groups in total. The maximum atomic E-state index is 15.2. The fraction of sp³-hybridized carbons (Fsp3) is 0.259. The molecule has 3 aromatic rings. The molecule has 2 heterocycles. The van der Waals surface area contributed by atoms with Gasteiger partial charge in [-0.3, -0.25) is 4.79 Å². The van der Waals surface area contributed by atoms with Crippen LogP contribution in [0.25, 0.3) is 0 Å². The van der Waals surface area contributed by atoms with E-state index in [0.717, 1.165) is 17.8 Å². The van der Waals surface area contributed by atoms with Gasteiger partial charge >= 0.3 is 12.1 Å². The summed E-state index contributed by atoms with van der Waals surface area (Å²) in [7, 11) is 0. The number of nitrogens with zero attached hydrogens (tertiary/aromatic N) is 4. The zero-order valence-electron chi connectivity index (χ0n) is 20.4. The van der Waals surface area contributed by atoms with E-state index in [1.54, 1.807) is 30.3 Å². The summed E-state index contributed by atoms with van der Waals surface area (Å²) < 4.78 is 56.1. The number of anilines is 2. The van der Waals surface area contributed by atoms with E-state index in [4.69, 9.17) is 16.6 Å². The Balaban J connectivity index is 0.00000353. The number of carboxylic acid groups (broad SMARTS) is 1. The van der Waals surface area contributed by atoms with Crippen LogP contribution in [0.4, 0.5) is 34.6 Å². The summed E-state index contributed by atoms with van der Waals surface area (Å²) >= 11 is 6.14. The summed E-state index contributed by atoms with van der Waals surface area (Å²) in [5, 5.41) is 10.3. The third-order valence-corrected chi connectivity index (χ3v) is 6.92. The van der Waals surface area contributed by atoms with Gasteiger partial charge in [-0.05, 0) is 42.5 Å². The lowest BCUT2D eigenvalue weighted by atomic mass is 9.97. The molecule has 5 rings (SSSR count). The molecular formula is C27H24Cl2F4N4O2. The first kappa shape index (κ1) is 28.5. The summed E-state index contributed by atoms with van der Waals surface area (Å²) in [5.41, 5.74) is 0.504. The number of carbonyl (C=O) groups is 1. The van der Waals surface area contributed by atoms with Crippen molar-refractivity contribution in [3.63, 3.8) is 0 Å². The van der Waals surface area contributed by atoms with Crippen LogP contribution >= 0.6 is 24.0 Å². The Morgan fingerprint density at radius 1 is 0.974 bits per heavy atom. The molecule has 206 valence electrons. The highest BCUT2D eigenvalue weighted by Gasteiger charge is 2.39. The van der Waals surface area contributed by atoms with E-state index in [0.29, 0.717) is 48.5 Å². The number of aliphatic imine (C=N–C) groups is 1. The number of guanidine groups is 1. The Labute approximate surface area is 233 Å². The number of carboxylic acids is 1. The number of para-hydroxylation sites is 1. The van der Waals surface area contributed by atoms with Gasteiger partial charge in [0, 0.05) is 42.5 Å². The van der Waals surface area contributed by atoms with Crippen molar-refractivity contribution in [2.75, 3.05) is 36.0 Å². The van der Waals surface area contributed by atoms with Crippen LogP contribution in [0.3, 0.4) is 0 Å². The second-order valence-corrected chi connectivity index (χ2v) is 9.51. The third-order valence-electron chi connectivity index (χ3n) is 6.68.